The highest BCUT2D eigenvalue weighted by molar-refractivity contribution is 9.10. The van der Waals surface area contributed by atoms with Gasteiger partial charge in [-0.2, -0.15) is 0 Å². The minimum absolute atomic E-state index is 0.0555. The molecule has 1 aliphatic heterocycles. The summed E-state index contributed by atoms with van der Waals surface area (Å²) in [5, 5.41) is 2.54. The molecule has 0 saturated carbocycles. The summed E-state index contributed by atoms with van der Waals surface area (Å²) >= 11 is 4.69. The molecule has 1 aliphatic rings. The fraction of sp³-hybridized carbons (Fsp3) is 0.250. The Kier molecular flexibility index (Phi) is 5.32. The van der Waals surface area contributed by atoms with Gasteiger partial charge in [0.05, 0.1) is 4.88 Å². The first-order valence-corrected chi connectivity index (χ1v) is 10.4. The van der Waals surface area contributed by atoms with Crippen molar-refractivity contribution < 1.29 is 18.7 Å². The summed E-state index contributed by atoms with van der Waals surface area (Å²) in [6, 6.07) is 9.61. The standard InChI is InChI=1S/C20H16BrNO5S/c21-13-5-6-14-12(9-18(23)27-16(14)10-13)11-26-20(25)15-3-1-7-22(15)19(24)17-4-2-8-28-17/h2,4-6,8-10,15H,1,3,7,11H2/t15-/m0/s1. The van der Waals surface area contributed by atoms with Crippen LogP contribution in [0.1, 0.15) is 28.1 Å². The highest BCUT2D eigenvalue weighted by Crippen LogP contribution is 2.25. The van der Waals surface area contributed by atoms with Crippen LogP contribution in [0.5, 0.6) is 0 Å². The summed E-state index contributed by atoms with van der Waals surface area (Å²) in [4.78, 5) is 39.3. The van der Waals surface area contributed by atoms with Gasteiger partial charge in [0.2, 0.25) is 0 Å². The Morgan fingerprint density at radius 1 is 1.29 bits per heavy atom. The third-order valence-electron chi connectivity index (χ3n) is 4.68. The quantitative estimate of drug-likeness (QED) is 0.433. The van der Waals surface area contributed by atoms with Gasteiger partial charge < -0.3 is 14.1 Å². The summed E-state index contributed by atoms with van der Waals surface area (Å²) in [7, 11) is 0. The van der Waals surface area contributed by atoms with Crippen LogP contribution >= 0.6 is 27.3 Å². The number of hydrogen-bond acceptors (Lipinski definition) is 6. The van der Waals surface area contributed by atoms with E-state index >= 15 is 0 Å². The number of likely N-dealkylation sites (tertiary alicyclic amines) is 1. The molecule has 28 heavy (non-hydrogen) atoms. The van der Waals surface area contributed by atoms with E-state index in [1.165, 1.54) is 17.4 Å². The highest BCUT2D eigenvalue weighted by atomic mass is 79.9. The molecule has 144 valence electrons. The van der Waals surface area contributed by atoms with E-state index in [0.29, 0.717) is 34.4 Å². The van der Waals surface area contributed by atoms with Crippen molar-refractivity contribution in [1.29, 1.82) is 0 Å². The largest absolute Gasteiger partial charge is 0.459 e. The molecule has 0 N–H and O–H groups in total. The molecule has 0 bridgehead atoms. The summed E-state index contributed by atoms with van der Waals surface area (Å²) in [6.45, 7) is 0.475. The smallest absolute Gasteiger partial charge is 0.336 e. The Morgan fingerprint density at radius 3 is 2.93 bits per heavy atom. The SMILES string of the molecule is O=C(OCc1cc(=O)oc2cc(Br)ccc12)[C@@H]1CCCN1C(=O)c1cccs1. The zero-order valence-electron chi connectivity index (χ0n) is 14.7. The third-order valence-corrected chi connectivity index (χ3v) is 6.03. The van der Waals surface area contributed by atoms with Gasteiger partial charge in [-0.1, -0.05) is 22.0 Å². The van der Waals surface area contributed by atoms with Gasteiger partial charge in [-0.05, 0) is 42.5 Å². The molecule has 3 aromatic rings. The van der Waals surface area contributed by atoms with Crippen molar-refractivity contribution in [3.05, 3.63) is 67.1 Å². The molecule has 0 unspecified atom stereocenters. The second-order valence-corrected chi connectivity index (χ2v) is 8.34. The molecule has 1 saturated heterocycles. The number of benzene rings is 1. The number of ether oxygens (including phenoxy) is 1. The number of halogens is 1. The van der Waals surface area contributed by atoms with E-state index in [2.05, 4.69) is 15.9 Å². The summed E-state index contributed by atoms with van der Waals surface area (Å²) in [6.07, 6.45) is 1.32. The van der Waals surface area contributed by atoms with Crippen LogP contribution in [0.3, 0.4) is 0 Å². The van der Waals surface area contributed by atoms with Crippen molar-refractivity contribution in [2.24, 2.45) is 0 Å². The first-order chi connectivity index (χ1) is 13.5. The van der Waals surface area contributed by atoms with Gasteiger partial charge in [-0.3, -0.25) is 4.79 Å². The Hall–Kier alpha value is -2.45. The van der Waals surface area contributed by atoms with Crippen LogP contribution in [0.15, 0.2) is 55.5 Å². The zero-order valence-corrected chi connectivity index (χ0v) is 17.1. The van der Waals surface area contributed by atoms with Crippen LogP contribution in [-0.4, -0.2) is 29.4 Å². The van der Waals surface area contributed by atoms with Crippen molar-refractivity contribution >= 4 is 50.1 Å². The molecule has 8 heteroatoms. The molecule has 1 aromatic carbocycles. The fourth-order valence-corrected chi connectivity index (χ4v) is 4.38. The number of thiophene rings is 1. The fourth-order valence-electron chi connectivity index (χ4n) is 3.36. The van der Waals surface area contributed by atoms with Crippen LogP contribution < -0.4 is 5.63 Å². The number of carbonyl (C=O) groups excluding carboxylic acids is 2. The molecular formula is C20H16BrNO5S. The average molecular weight is 462 g/mol. The second kappa shape index (κ2) is 7.89. The summed E-state index contributed by atoms with van der Waals surface area (Å²) < 4.78 is 11.5. The number of amides is 1. The van der Waals surface area contributed by atoms with Gasteiger partial charge in [0.15, 0.2) is 0 Å². The first kappa shape index (κ1) is 18.9. The number of esters is 1. The molecule has 1 fully saturated rings. The molecule has 4 rings (SSSR count). The van der Waals surface area contributed by atoms with E-state index in [9.17, 15) is 14.4 Å². The van der Waals surface area contributed by atoms with Crippen LogP contribution in [0, 0.1) is 0 Å². The van der Waals surface area contributed by atoms with Crippen molar-refractivity contribution in [3.8, 4) is 0 Å². The number of rotatable bonds is 4. The minimum atomic E-state index is -0.602. The lowest BCUT2D eigenvalue weighted by Crippen LogP contribution is -2.41. The van der Waals surface area contributed by atoms with E-state index in [0.717, 1.165) is 10.9 Å². The highest BCUT2D eigenvalue weighted by Gasteiger charge is 2.36. The van der Waals surface area contributed by atoms with E-state index < -0.39 is 17.6 Å². The van der Waals surface area contributed by atoms with Crippen molar-refractivity contribution in [3.63, 3.8) is 0 Å². The Morgan fingerprint density at radius 2 is 2.14 bits per heavy atom. The molecule has 6 nitrogen and oxygen atoms in total. The third kappa shape index (κ3) is 3.74. The predicted molar refractivity (Wildman–Crippen MR) is 108 cm³/mol. The van der Waals surface area contributed by atoms with Gasteiger partial charge >= 0.3 is 11.6 Å². The molecule has 1 atom stereocenters. The second-order valence-electron chi connectivity index (χ2n) is 6.47. The molecule has 3 heterocycles. The molecule has 1 amide bonds. The van der Waals surface area contributed by atoms with E-state index in [-0.39, 0.29) is 12.5 Å². The molecule has 0 aliphatic carbocycles. The number of carbonyl (C=O) groups is 2. The molecular weight excluding hydrogens is 446 g/mol. The normalized spacial score (nSPS) is 16.5. The molecule has 0 radical (unpaired) electrons. The van der Waals surface area contributed by atoms with Gasteiger partial charge in [0, 0.05) is 28.0 Å². The minimum Gasteiger partial charge on any atom is -0.459 e. The molecule has 2 aromatic heterocycles. The van der Waals surface area contributed by atoms with Crippen molar-refractivity contribution in [1.82, 2.24) is 4.90 Å². The molecule has 0 spiro atoms. The van der Waals surface area contributed by atoms with Crippen LogP contribution in [-0.2, 0) is 16.1 Å². The Bertz CT molecular complexity index is 1090. The van der Waals surface area contributed by atoms with E-state index in [1.54, 1.807) is 23.1 Å². The van der Waals surface area contributed by atoms with Crippen molar-refractivity contribution in [2.45, 2.75) is 25.5 Å². The lowest BCUT2D eigenvalue weighted by molar-refractivity contribution is -0.149. The predicted octanol–water partition coefficient (Wildman–Crippen LogP) is 3.97. The van der Waals surface area contributed by atoms with Crippen LogP contribution in [0.25, 0.3) is 11.0 Å². The van der Waals surface area contributed by atoms with Gasteiger partial charge in [-0.15, -0.1) is 11.3 Å². The van der Waals surface area contributed by atoms with Crippen LogP contribution in [0.4, 0.5) is 0 Å². The maximum absolute atomic E-state index is 12.7. The maximum atomic E-state index is 12.7. The summed E-state index contributed by atoms with van der Waals surface area (Å²) in [5.41, 5.74) is 0.483. The van der Waals surface area contributed by atoms with Gasteiger partial charge in [-0.25, -0.2) is 9.59 Å². The Labute approximate surface area is 172 Å². The van der Waals surface area contributed by atoms with Crippen LogP contribution in [0.2, 0.25) is 0 Å². The van der Waals surface area contributed by atoms with Crippen molar-refractivity contribution in [2.75, 3.05) is 6.54 Å². The monoisotopic (exact) mass is 461 g/mol. The number of nitrogens with zero attached hydrogens (tertiary/aromatic N) is 1. The van der Waals surface area contributed by atoms with Gasteiger partial charge in [0.25, 0.3) is 5.91 Å². The lowest BCUT2D eigenvalue weighted by Gasteiger charge is -2.22. The lowest BCUT2D eigenvalue weighted by atomic mass is 10.1. The van der Waals surface area contributed by atoms with E-state index in [1.807, 2.05) is 17.5 Å². The zero-order chi connectivity index (χ0) is 19.7. The van der Waals surface area contributed by atoms with Gasteiger partial charge in [0.1, 0.15) is 18.2 Å². The number of fused-ring (bicyclic) bond motifs is 1. The van der Waals surface area contributed by atoms with E-state index in [4.69, 9.17) is 9.15 Å². The average Bonchev–Trinajstić information content (AvgIpc) is 3.36. The Balaban J connectivity index is 1.51. The maximum Gasteiger partial charge on any atom is 0.336 e. The topological polar surface area (TPSA) is 76.8 Å². The number of hydrogen-bond donors (Lipinski definition) is 0. The first-order valence-electron chi connectivity index (χ1n) is 8.76. The summed E-state index contributed by atoms with van der Waals surface area (Å²) in [5.74, 6) is -0.606.